The molecule has 1 aliphatic heterocycles. The fourth-order valence-corrected chi connectivity index (χ4v) is 2.74. The summed E-state index contributed by atoms with van der Waals surface area (Å²) in [5.74, 6) is -1.19. The lowest BCUT2D eigenvalue weighted by Gasteiger charge is -2.36. The fourth-order valence-electron chi connectivity index (χ4n) is 2.20. The number of rotatable bonds is 3. The van der Waals surface area contributed by atoms with Crippen molar-refractivity contribution in [1.82, 2.24) is 0 Å². The summed E-state index contributed by atoms with van der Waals surface area (Å²) >= 11 is 0. The molecule has 1 aromatic rings. The third-order valence-corrected chi connectivity index (χ3v) is 4.12. The Morgan fingerprint density at radius 1 is 1.50 bits per heavy atom. The van der Waals surface area contributed by atoms with Crippen molar-refractivity contribution in [3.63, 3.8) is 0 Å². The molecule has 0 amide bonds. The maximum absolute atomic E-state index is 11.4. The van der Waals surface area contributed by atoms with Gasteiger partial charge in [0.25, 0.3) is 0 Å². The predicted octanol–water partition coefficient (Wildman–Crippen LogP) is 0.257. The molecule has 1 atom stereocenters. The Bertz CT molecular complexity index is 629. The number of aromatic carboxylic acids is 1. The van der Waals surface area contributed by atoms with Crippen molar-refractivity contribution in [2.45, 2.75) is 17.9 Å². The van der Waals surface area contributed by atoms with Gasteiger partial charge in [-0.15, -0.1) is 0 Å². The normalized spacial score (nSPS) is 19.9. The summed E-state index contributed by atoms with van der Waals surface area (Å²) in [5.41, 5.74) is 0.394. The Kier molecular flexibility index (Phi) is 3.98. The van der Waals surface area contributed by atoms with Gasteiger partial charge >= 0.3 is 5.97 Å². The first kappa shape index (κ1) is 14.8. The van der Waals surface area contributed by atoms with E-state index in [0.717, 1.165) is 6.07 Å². The van der Waals surface area contributed by atoms with Gasteiger partial charge in [-0.3, -0.25) is 0 Å². The number of nitrogens with zero attached hydrogens (tertiary/aromatic N) is 1. The minimum Gasteiger partial charge on any atom is -0.478 e. The molecule has 1 saturated heterocycles. The van der Waals surface area contributed by atoms with Gasteiger partial charge in [-0.2, -0.15) is 0 Å². The van der Waals surface area contributed by atoms with Crippen LogP contribution >= 0.6 is 0 Å². The van der Waals surface area contributed by atoms with Crippen molar-refractivity contribution in [3.8, 4) is 0 Å². The molecule has 1 unspecified atom stereocenters. The van der Waals surface area contributed by atoms with Crippen molar-refractivity contribution in [3.05, 3.63) is 23.8 Å². The number of benzene rings is 1. The van der Waals surface area contributed by atoms with Crippen LogP contribution in [-0.4, -0.2) is 45.3 Å². The molecule has 0 bridgehead atoms. The predicted molar refractivity (Wildman–Crippen MR) is 72.4 cm³/mol. The summed E-state index contributed by atoms with van der Waals surface area (Å²) in [7, 11) is -3.93. The standard InChI is InChI=1S/C12H16N2O5S/c1-8-7-19-5-4-14(8)11-3-2-9(20(13,17)18)6-10(11)12(15)16/h2-3,6,8H,4-5,7H2,1H3,(H,15,16)(H2,13,17,18). The molecule has 110 valence electrons. The number of hydrogen-bond donors (Lipinski definition) is 2. The molecule has 0 saturated carbocycles. The Morgan fingerprint density at radius 3 is 2.75 bits per heavy atom. The average molecular weight is 300 g/mol. The van der Waals surface area contributed by atoms with Crippen LogP contribution in [0.4, 0.5) is 5.69 Å². The number of carboxylic acid groups (broad SMARTS) is 1. The second kappa shape index (κ2) is 5.39. The van der Waals surface area contributed by atoms with Gasteiger partial charge in [0.15, 0.2) is 0 Å². The number of morpholine rings is 1. The smallest absolute Gasteiger partial charge is 0.337 e. The third-order valence-electron chi connectivity index (χ3n) is 3.20. The molecule has 0 spiro atoms. The summed E-state index contributed by atoms with van der Waals surface area (Å²) in [6, 6.07) is 3.90. The van der Waals surface area contributed by atoms with Gasteiger partial charge in [-0.05, 0) is 25.1 Å². The van der Waals surface area contributed by atoms with Crippen molar-refractivity contribution < 1.29 is 23.1 Å². The van der Waals surface area contributed by atoms with Gasteiger partial charge in [0.1, 0.15) is 0 Å². The van der Waals surface area contributed by atoms with Crippen LogP contribution in [-0.2, 0) is 14.8 Å². The van der Waals surface area contributed by atoms with Crippen molar-refractivity contribution in [2.75, 3.05) is 24.7 Å². The van der Waals surface area contributed by atoms with Crippen molar-refractivity contribution in [1.29, 1.82) is 0 Å². The Balaban J connectivity index is 2.50. The van der Waals surface area contributed by atoms with Gasteiger partial charge < -0.3 is 14.7 Å². The van der Waals surface area contributed by atoms with Crippen molar-refractivity contribution in [2.24, 2.45) is 5.14 Å². The summed E-state index contributed by atoms with van der Waals surface area (Å²) in [6.45, 7) is 3.46. The highest BCUT2D eigenvalue weighted by molar-refractivity contribution is 7.89. The molecular weight excluding hydrogens is 284 g/mol. The zero-order valence-electron chi connectivity index (χ0n) is 10.9. The maximum atomic E-state index is 11.4. The molecule has 7 nitrogen and oxygen atoms in total. The SMILES string of the molecule is CC1COCCN1c1ccc(S(N)(=O)=O)cc1C(=O)O. The highest BCUT2D eigenvalue weighted by atomic mass is 32.2. The molecule has 20 heavy (non-hydrogen) atoms. The van der Waals surface area contributed by atoms with E-state index < -0.39 is 16.0 Å². The monoisotopic (exact) mass is 300 g/mol. The summed E-state index contributed by atoms with van der Waals surface area (Å²) in [4.78, 5) is 13.0. The van der Waals surface area contributed by atoms with E-state index in [1.54, 1.807) is 0 Å². The first-order valence-electron chi connectivity index (χ1n) is 6.05. The third kappa shape index (κ3) is 2.92. The Labute approximate surface area is 117 Å². The second-order valence-electron chi connectivity index (χ2n) is 4.65. The number of primary sulfonamides is 1. The lowest BCUT2D eigenvalue weighted by atomic mass is 10.1. The minimum absolute atomic E-state index is 0.0159. The molecule has 1 aromatic carbocycles. The molecule has 8 heteroatoms. The lowest BCUT2D eigenvalue weighted by molar-refractivity contribution is 0.0694. The first-order chi connectivity index (χ1) is 9.30. The summed E-state index contributed by atoms with van der Waals surface area (Å²) in [6.07, 6.45) is 0. The summed E-state index contributed by atoms with van der Waals surface area (Å²) < 4.78 is 27.9. The number of carboxylic acids is 1. The van der Waals surface area contributed by atoms with Crippen LogP contribution < -0.4 is 10.0 Å². The molecule has 0 aromatic heterocycles. The molecular formula is C12H16N2O5S. The van der Waals surface area contributed by atoms with E-state index in [9.17, 15) is 18.3 Å². The van der Waals surface area contributed by atoms with Crippen LogP contribution in [0.1, 0.15) is 17.3 Å². The van der Waals surface area contributed by atoms with E-state index in [2.05, 4.69) is 0 Å². The van der Waals surface area contributed by atoms with Crippen LogP contribution in [0.3, 0.4) is 0 Å². The highest BCUT2D eigenvalue weighted by Gasteiger charge is 2.25. The van der Waals surface area contributed by atoms with Gasteiger partial charge in [-0.1, -0.05) is 0 Å². The minimum atomic E-state index is -3.93. The molecule has 3 N–H and O–H groups in total. The van der Waals surface area contributed by atoms with Gasteiger partial charge in [0, 0.05) is 12.6 Å². The summed E-state index contributed by atoms with van der Waals surface area (Å²) in [5, 5.41) is 14.3. The van der Waals surface area contributed by atoms with Crippen LogP contribution in [0, 0.1) is 0 Å². The Morgan fingerprint density at radius 2 is 2.20 bits per heavy atom. The fraction of sp³-hybridized carbons (Fsp3) is 0.417. The quantitative estimate of drug-likeness (QED) is 0.828. The first-order valence-corrected chi connectivity index (χ1v) is 7.60. The average Bonchev–Trinajstić information content (AvgIpc) is 2.37. The van der Waals surface area contributed by atoms with E-state index in [0.29, 0.717) is 25.4 Å². The van der Waals surface area contributed by atoms with E-state index in [1.165, 1.54) is 12.1 Å². The van der Waals surface area contributed by atoms with E-state index in [1.807, 2.05) is 11.8 Å². The van der Waals surface area contributed by atoms with Crippen LogP contribution in [0.25, 0.3) is 0 Å². The number of anilines is 1. The number of ether oxygens (including phenoxy) is 1. The topological polar surface area (TPSA) is 110 Å². The number of hydrogen-bond acceptors (Lipinski definition) is 5. The van der Waals surface area contributed by atoms with E-state index >= 15 is 0 Å². The van der Waals surface area contributed by atoms with E-state index in [-0.39, 0.29) is 16.5 Å². The maximum Gasteiger partial charge on any atom is 0.337 e. The molecule has 2 rings (SSSR count). The molecule has 1 aliphatic rings. The number of carbonyl (C=O) groups is 1. The van der Waals surface area contributed by atoms with Gasteiger partial charge in [-0.25, -0.2) is 18.4 Å². The van der Waals surface area contributed by atoms with Crippen LogP contribution in [0.2, 0.25) is 0 Å². The second-order valence-corrected chi connectivity index (χ2v) is 6.21. The van der Waals surface area contributed by atoms with Crippen LogP contribution in [0.5, 0.6) is 0 Å². The van der Waals surface area contributed by atoms with Crippen molar-refractivity contribution >= 4 is 21.7 Å². The molecule has 0 aliphatic carbocycles. The van der Waals surface area contributed by atoms with Gasteiger partial charge in [0.05, 0.1) is 29.4 Å². The Hall–Kier alpha value is -1.64. The lowest BCUT2D eigenvalue weighted by Crippen LogP contribution is -2.44. The largest absolute Gasteiger partial charge is 0.478 e. The van der Waals surface area contributed by atoms with E-state index in [4.69, 9.17) is 9.88 Å². The molecule has 0 radical (unpaired) electrons. The van der Waals surface area contributed by atoms with Gasteiger partial charge in [0.2, 0.25) is 10.0 Å². The molecule has 1 fully saturated rings. The highest BCUT2D eigenvalue weighted by Crippen LogP contribution is 2.26. The zero-order chi connectivity index (χ0) is 14.9. The molecule has 1 heterocycles. The number of nitrogens with two attached hydrogens (primary N) is 1. The zero-order valence-corrected chi connectivity index (χ0v) is 11.8. The van der Waals surface area contributed by atoms with Crippen LogP contribution in [0.15, 0.2) is 23.1 Å². The number of sulfonamides is 1.